The predicted octanol–water partition coefficient (Wildman–Crippen LogP) is 5.42. The Morgan fingerprint density at radius 2 is 1.89 bits per heavy atom. The number of fused-ring (bicyclic) bond motifs is 1. The van der Waals surface area contributed by atoms with E-state index >= 15 is 0 Å². The number of hydrogen-bond donors (Lipinski definition) is 0. The number of piperazine rings is 1. The fraction of sp³-hybridized carbons (Fsp3) is 0.607. The van der Waals surface area contributed by atoms with Crippen molar-refractivity contribution in [3.05, 3.63) is 37.7 Å². The van der Waals surface area contributed by atoms with E-state index in [-0.39, 0.29) is 43.1 Å². The maximum Gasteiger partial charge on any atom is 0.451 e. The number of nitrogens with zero attached hydrogens (tertiary/aromatic N) is 8. The number of carbonyl (C=O) groups excluding carboxylic acids is 1. The molecule has 3 aliphatic rings. The average molecular weight is 734 g/mol. The molecule has 0 spiro atoms. The molecule has 1 saturated heterocycles. The molecular formula is C28H33BrClF3N8O3S. The Morgan fingerprint density at radius 1 is 1.16 bits per heavy atom. The van der Waals surface area contributed by atoms with Crippen LogP contribution in [0.4, 0.5) is 23.8 Å². The van der Waals surface area contributed by atoms with Crippen LogP contribution in [0.15, 0.2) is 20.2 Å². The van der Waals surface area contributed by atoms with Gasteiger partial charge in [-0.15, -0.1) is 22.0 Å². The van der Waals surface area contributed by atoms with Crippen LogP contribution in [0.1, 0.15) is 52.3 Å². The van der Waals surface area contributed by atoms with Gasteiger partial charge in [-0.2, -0.15) is 18.2 Å². The molecule has 17 heteroatoms. The van der Waals surface area contributed by atoms with Gasteiger partial charge in [-0.1, -0.05) is 11.6 Å². The molecule has 6 rings (SSSR count). The van der Waals surface area contributed by atoms with Crippen molar-refractivity contribution in [3.63, 3.8) is 0 Å². The smallest absolute Gasteiger partial charge is 0.444 e. The van der Waals surface area contributed by atoms with Gasteiger partial charge in [0.2, 0.25) is 5.82 Å². The molecule has 0 bridgehead atoms. The van der Waals surface area contributed by atoms with Crippen molar-refractivity contribution in [2.45, 2.75) is 82.5 Å². The summed E-state index contributed by atoms with van der Waals surface area (Å²) in [5, 5.41) is 8.38. The summed E-state index contributed by atoms with van der Waals surface area (Å²) in [4.78, 5) is 38.0. The maximum absolute atomic E-state index is 13.9. The van der Waals surface area contributed by atoms with Crippen molar-refractivity contribution in [2.75, 3.05) is 36.8 Å². The van der Waals surface area contributed by atoms with Crippen LogP contribution in [-0.2, 0) is 24.0 Å². The van der Waals surface area contributed by atoms with E-state index in [1.807, 2.05) is 50.5 Å². The number of alkyl halides is 3. The summed E-state index contributed by atoms with van der Waals surface area (Å²) in [6.07, 6.45) is -4.96. The van der Waals surface area contributed by atoms with Crippen molar-refractivity contribution in [2.24, 2.45) is 0 Å². The van der Waals surface area contributed by atoms with Crippen molar-refractivity contribution in [3.8, 4) is 0 Å². The largest absolute Gasteiger partial charge is 0.451 e. The van der Waals surface area contributed by atoms with Crippen LogP contribution in [0.25, 0.3) is 10.9 Å². The zero-order chi connectivity index (χ0) is 32.6. The molecule has 1 fully saturated rings. The molecule has 45 heavy (non-hydrogen) atoms. The second kappa shape index (κ2) is 11.6. The molecule has 244 valence electrons. The first-order valence-corrected chi connectivity index (χ1v) is 16.7. The Balaban J connectivity index is 1.33. The van der Waals surface area contributed by atoms with E-state index < -0.39 is 23.3 Å². The van der Waals surface area contributed by atoms with Crippen LogP contribution in [0, 0.1) is 0 Å². The number of aromatic nitrogens is 5. The van der Waals surface area contributed by atoms with Crippen molar-refractivity contribution >= 4 is 62.1 Å². The number of thioether (sulfide) groups is 1. The van der Waals surface area contributed by atoms with Crippen LogP contribution < -0.4 is 10.6 Å². The van der Waals surface area contributed by atoms with Gasteiger partial charge in [0.1, 0.15) is 17.2 Å². The first-order chi connectivity index (χ1) is 21.0. The number of hydrogen-bond acceptors (Lipinski definition) is 9. The first kappa shape index (κ1) is 32.4. The van der Waals surface area contributed by atoms with Gasteiger partial charge in [-0.05, 0) is 56.6 Å². The lowest BCUT2D eigenvalue weighted by molar-refractivity contribution is -0.148. The van der Waals surface area contributed by atoms with Gasteiger partial charge in [0, 0.05) is 60.8 Å². The summed E-state index contributed by atoms with van der Waals surface area (Å²) in [6, 6.07) is 1.12. The fourth-order valence-electron chi connectivity index (χ4n) is 6.25. The third-order valence-electron chi connectivity index (χ3n) is 8.27. The van der Waals surface area contributed by atoms with E-state index in [0.717, 1.165) is 9.46 Å². The van der Waals surface area contributed by atoms with Gasteiger partial charge in [-0.25, -0.2) is 9.59 Å². The van der Waals surface area contributed by atoms with E-state index in [0.29, 0.717) is 58.1 Å². The van der Waals surface area contributed by atoms with Crippen molar-refractivity contribution < 1.29 is 22.7 Å². The molecule has 3 aromatic rings. The summed E-state index contributed by atoms with van der Waals surface area (Å²) in [7, 11) is 0. The monoisotopic (exact) mass is 732 g/mol. The lowest BCUT2D eigenvalue weighted by Crippen LogP contribution is -2.59. The summed E-state index contributed by atoms with van der Waals surface area (Å²) < 4.78 is 49.2. The van der Waals surface area contributed by atoms with Crippen LogP contribution in [0.5, 0.6) is 0 Å². The Bertz CT molecular complexity index is 1730. The third-order valence-corrected chi connectivity index (χ3v) is 11.1. The summed E-state index contributed by atoms with van der Waals surface area (Å²) in [5.41, 5.74) is -0.344. The molecule has 5 heterocycles. The van der Waals surface area contributed by atoms with Gasteiger partial charge >= 0.3 is 18.0 Å². The molecule has 0 saturated carbocycles. The molecule has 3 atom stereocenters. The van der Waals surface area contributed by atoms with Gasteiger partial charge in [0.25, 0.3) is 0 Å². The van der Waals surface area contributed by atoms with Crippen LogP contribution in [-0.4, -0.2) is 89.8 Å². The van der Waals surface area contributed by atoms with Gasteiger partial charge < -0.3 is 19.1 Å². The van der Waals surface area contributed by atoms with Crippen LogP contribution >= 0.6 is 39.3 Å². The predicted molar refractivity (Wildman–Crippen MR) is 168 cm³/mol. The minimum Gasteiger partial charge on any atom is -0.444 e. The summed E-state index contributed by atoms with van der Waals surface area (Å²) in [6.45, 7) is 11.3. The SMILES string of the molecule is CC1CN(c2nc(=O)n3c4c(c(Br)c(Cl)cc24)SC[C@@H]3CN2CCn3c(nnc3C(F)(F)F)C2)C(C)CN1C(=O)OC(C)(C)C. The number of benzene rings is 1. The number of halogens is 5. The number of rotatable bonds is 3. The number of amides is 1. The average Bonchev–Trinajstić information content (AvgIpc) is 3.37. The molecule has 2 unspecified atom stereocenters. The minimum absolute atomic E-state index is 0.0988. The Labute approximate surface area is 275 Å². The highest BCUT2D eigenvalue weighted by Crippen LogP contribution is 2.46. The minimum atomic E-state index is -4.57. The lowest BCUT2D eigenvalue weighted by Gasteiger charge is -2.45. The molecule has 1 aromatic carbocycles. The van der Waals surface area contributed by atoms with Crippen molar-refractivity contribution in [1.29, 1.82) is 0 Å². The maximum atomic E-state index is 13.9. The quantitative estimate of drug-likeness (QED) is 0.350. The van der Waals surface area contributed by atoms with Gasteiger partial charge in [0.15, 0.2) is 0 Å². The highest BCUT2D eigenvalue weighted by atomic mass is 79.9. The number of anilines is 1. The summed E-state index contributed by atoms with van der Waals surface area (Å²) in [5.74, 6) is 0.291. The molecule has 3 aliphatic heterocycles. The highest BCUT2D eigenvalue weighted by Gasteiger charge is 2.41. The number of ether oxygens (including phenoxy) is 1. The van der Waals surface area contributed by atoms with E-state index in [1.165, 1.54) is 0 Å². The second-order valence-corrected chi connectivity index (χ2v) is 15.0. The molecule has 0 N–H and O–H groups in total. The number of carbonyl (C=O) groups is 1. The van der Waals surface area contributed by atoms with E-state index in [9.17, 15) is 22.8 Å². The zero-order valence-corrected chi connectivity index (χ0v) is 28.5. The molecule has 1 amide bonds. The normalized spacial score (nSPS) is 22.6. The Kier molecular flexibility index (Phi) is 8.35. The standard InChI is InChI=1S/C28H33BrClF3N8O3S/c1-14-10-40(26(43)44-27(3,4)5)15(2)9-39(14)23-17-8-18(30)20(29)22-21(17)41(25(42)34-23)16(13-45-22)11-37-6-7-38-19(12-37)35-36-24(38)28(31,32)33/h8,14-16H,6-7,9-13H2,1-5H3/t14?,15?,16-/m0/s1. The molecule has 0 aliphatic carbocycles. The Hall–Kier alpha value is -2.56. The van der Waals surface area contributed by atoms with E-state index in [1.54, 1.807) is 21.2 Å². The first-order valence-electron chi connectivity index (χ1n) is 14.6. The van der Waals surface area contributed by atoms with Crippen molar-refractivity contribution in [1.82, 2.24) is 34.1 Å². The van der Waals surface area contributed by atoms with E-state index in [4.69, 9.17) is 16.3 Å². The topological polar surface area (TPSA) is 102 Å². The van der Waals surface area contributed by atoms with Crippen LogP contribution in [0.3, 0.4) is 0 Å². The highest BCUT2D eigenvalue weighted by molar-refractivity contribution is 9.10. The Morgan fingerprint density at radius 3 is 2.58 bits per heavy atom. The summed E-state index contributed by atoms with van der Waals surface area (Å²) >= 11 is 11.9. The second-order valence-electron chi connectivity index (χ2n) is 12.8. The molecule has 0 radical (unpaired) electrons. The van der Waals surface area contributed by atoms with Crippen LogP contribution in [0.2, 0.25) is 5.02 Å². The lowest BCUT2D eigenvalue weighted by atomic mass is 10.1. The fourth-order valence-corrected chi connectivity index (χ4v) is 8.35. The molecular weight excluding hydrogens is 701 g/mol. The molecule has 11 nitrogen and oxygen atoms in total. The molecule has 2 aromatic heterocycles. The van der Waals surface area contributed by atoms with Gasteiger partial charge in [-0.3, -0.25) is 9.47 Å². The third kappa shape index (κ3) is 6.02. The van der Waals surface area contributed by atoms with E-state index in [2.05, 4.69) is 31.1 Å². The van der Waals surface area contributed by atoms with Gasteiger partial charge in [0.05, 0.1) is 27.6 Å². The zero-order valence-electron chi connectivity index (χ0n) is 25.4.